The van der Waals surface area contributed by atoms with Crippen LogP contribution in [0.5, 0.6) is 0 Å². The van der Waals surface area contributed by atoms with E-state index in [-0.39, 0.29) is 21.6 Å². The normalized spacial score (nSPS) is 12.0. The molecule has 24 heavy (non-hydrogen) atoms. The van der Waals surface area contributed by atoms with Gasteiger partial charge >= 0.3 is 0 Å². The fourth-order valence-corrected chi connectivity index (χ4v) is 3.10. The molecule has 0 spiro atoms. The first kappa shape index (κ1) is 16.7. The van der Waals surface area contributed by atoms with Gasteiger partial charge in [-0.1, -0.05) is 26.8 Å². The first-order valence-electron chi connectivity index (χ1n) is 7.45. The molecule has 126 valence electrons. The summed E-state index contributed by atoms with van der Waals surface area (Å²) in [6.07, 6.45) is 0. The molecule has 0 saturated carbocycles. The highest BCUT2D eigenvalue weighted by Crippen LogP contribution is 2.26. The third-order valence-electron chi connectivity index (χ3n) is 3.60. The maximum Gasteiger partial charge on any atom is 0.272 e. The van der Waals surface area contributed by atoms with Crippen LogP contribution in [0.3, 0.4) is 0 Å². The van der Waals surface area contributed by atoms with Crippen molar-refractivity contribution < 1.29 is 8.78 Å². The summed E-state index contributed by atoms with van der Waals surface area (Å²) in [5, 5.41) is 3.05. The summed E-state index contributed by atoms with van der Waals surface area (Å²) in [7, 11) is 0. The van der Waals surface area contributed by atoms with Crippen LogP contribution >= 0.6 is 11.8 Å². The lowest BCUT2D eigenvalue weighted by molar-refractivity contribution is 0.491. The summed E-state index contributed by atoms with van der Waals surface area (Å²) < 4.78 is 28.3. The van der Waals surface area contributed by atoms with Crippen molar-refractivity contribution in [2.45, 2.75) is 36.8 Å². The van der Waals surface area contributed by atoms with Crippen LogP contribution in [0.25, 0.3) is 5.65 Å². The van der Waals surface area contributed by atoms with Crippen LogP contribution in [0.4, 0.5) is 8.78 Å². The van der Waals surface area contributed by atoms with Gasteiger partial charge in [-0.15, -0.1) is 11.8 Å². The molecule has 0 fully saturated rings. The second-order valence-electron chi connectivity index (χ2n) is 6.54. The van der Waals surface area contributed by atoms with Crippen LogP contribution < -0.4 is 5.56 Å². The number of nitrogens with zero attached hydrogens (tertiary/aromatic N) is 2. The molecule has 0 radical (unpaired) electrons. The monoisotopic (exact) mass is 349 g/mol. The van der Waals surface area contributed by atoms with Gasteiger partial charge in [-0.3, -0.25) is 9.89 Å². The van der Waals surface area contributed by atoms with Crippen molar-refractivity contribution >= 4 is 17.4 Å². The fraction of sp³-hybridized carbons (Fsp3) is 0.294. The second-order valence-corrected chi connectivity index (χ2v) is 7.56. The summed E-state index contributed by atoms with van der Waals surface area (Å²) in [5.41, 5.74) is 1.56. The molecule has 0 saturated heterocycles. The van der Waals surface area contributed by atoms with Gasteiger partial charge in [-0.05, 0) is 12.1 Å². The number of rotatable bonds is 3. The minimum Gasteiger partial charge on any atom is -0.293 e. The fourth-order valence-electron chi connectivity index (χ4n) is 2.25. The zero-order chi connectivity index (χ0) is 17.5. The number of aromatic amines is 1. The zero-order valence-electron chi connectivity index (χ0n) is 13.6. The van der Waals surface area contributed by atoms with Crippen LogP contribution in [0, 0.1) is 11.6 Å². The molecule has 0 unspecified atom stereocenters. The quantitative estimate of drug-likeness (QED) is 0.730. The average molecular weight is 349 g/mol. The Morgan fingerprint density at radius 2 is 2.00 bits per heavy atom. The molecule has 0 aliphatic carbocycles. The third-order valence-corrected chi connectivity index (χ3v) is 4.67. The number of aromatic nitrogens is 3. The summed E-state index contributed by atoms with van der Waals surface area (Å²) >= 11 is 1.11. The number of hydrogen-bond donors (Lipinski definition) is 1. The third kappa shape index (κ3) is 3.21. The summed E-state index contributed by atoms with van der Waals surface area (Å²) in [6.45, 7) is 6.10. The van der Waals surface area contributed by atoms with Crippen molar-refractivity contribution in [2.24, 2.45) is 0 Å². The molecule has 3 aromatic rings. The molecular weight excluding hydrogens is 332 g/mol. The van der Waals surface area contributed by atoms with E-state index in [1.165, 1.54) is 22.7 Å². The van der Waals surface area contributed by atoms with Gasteiger partial charge in [0.25, 0.3) is 5.56 Å². The van der Waals surface area contributed by atoms with Crippen molar-refractivity contribution in [3.05, 3.63) is 63.7 Å². The highest BCUT2D eigenvalue weighted by atomic mass is 32.2. The molecule has 0 atom stereocenters. The zero-order valence-corrected chi connectivity index (χ0v) is 14.4. The summed E-state index contributed by atoms with van der Waals surface area (Å²) in [6, 6.07) is 7.26. The van der Waals surface area contributed by atoms with E-state index in [1.807, 2.05) is 26.8 Å². The highest BCUT2D eigenvalue weighted by Gasteiger charge is 2.18. The summed E-state index contributed by atoms with van der Waals surface area (Å²) in [5.74, 6) is -1.48. The van der Waals surface area contributed by atoms with Gasteiger partial charge in [-0.25, -0.2) is 18.3 Å². The Bertz CT molecular complexity index is 957. The molecule has 0 amide bonds. The standard InChI is InChI=1S/C17H17F2N3OS/c1-17(2,3)13-8-14-20-10(7-15(23)22(14)21-13)9-24-12-6-4-5-11(18)16(12)19/h4-8,21H,9H2,1-3H3. The van der Waals surface area contributed by atoms with Crippen LogP contribution in [0.15, 0.2) is 40.0 Å². The van der Waals surface area contributed by atoms with E-state index in [1.54, 1.807) is 0 Å². The van der Waals surface area contributed by atoms with Crippen molar-refractivity contribution in [1.82, 2.24) is 14.6 Å². The SMILES string of the molecule is CC(C)(C)c1cc2nc(CSc3cccc(F)c3F)cc(=O)n2[nH]1. The van der Waals surface area contributed by atoms with Gasteiger partial charge in [-0.2, -0.15) is 0 Å². The maximum atomic E-state index is 13.7. The largest absolute Gasteiger partial charge is 0.293 e. The van der Waals surface area contributed by atoms with E-state index in [2.05, 4.69) is 10.1 Å². The van der Waals surface area contributed by atoms with Crippen molar-refractivity contribution in [1.29, 1.82) is 0 Å². The van der Waals surface area contributed by atoms with Gasteiger partial charge in [0.1, 0.15) is 0 Å². The molecule has 0 aliphatic rings. The maximum absolute atomic E-state index is 13.7. The number of H-pyrrole nitrogens is 1. The van der Waals surface area contributed by atoms with Crippen molar-refractivity contribution in [2.75, 3.05) is 0 Å². The van der Waals surface area contributed by atoms with Crippen LogP contribution in [0.1, 0.15) is 32.2 Å². The molecule has 3 rings (SSSR count). The first-order chi connectivity index (χ1) is 11.3. The topological polar surface area (TPSA) is 50.2 Å². The van der Waals surface area contributed by atoms with E-state index in [9.17, 15) is 13.6 Å². The molecule has 1 N–H and O–H groups in total. The molecule has 2 heterocycles. The number of thioether (sulfide) groups is 1. The van der Waals surface area contributed by atoms with Crippen LogP contribution in [0.2, 0.25) is 0 Å². The molecule has 0 bridgehead atoms. The Morgan fingerprint density at radius 3 is 2.71 bits per heavy atom. The Morgan fingerprint density at radius 1 is 1.25 bits per heavy atom. The van der Waals surface area contributed by atoms with E-state index < -0.39 is 11.6 Å². The Balaban J connectivity index is 1.90. The second kappa shape index (κ2) is 6.05. The van der Waals surface area contributed by atoms with Gasteiger partial charge in [0.2, 0.25) is 0 Å². The lowest BCUT2D eigenvalue weighted by atomic mass is 9.93. The predicted molar refractivity (Wildman–Crippen MR) is 90.4 cm³/mol. The Hall–Kier alpha value is -2.15. The van der Waals surface area contributed by atoms with E-state index in [4.69, 9.17) is 0 Å². The van der Waals surface area contributed by atoms with Crippen molar-refractivity contribution in [3.8, 4) is 0 Å². The molecule has 0 aliphatic heterocycles. The van der Waals surface area contributed by atoms with E-state index in [0.717, 1.165) is 23.5 Å². The highest BCUT2D eigenvalue weighted by molar-refractivity contribution is 7.98. The smallest absolute Gasteiger partial charge is 0.272 e. The first-order valence-corrected chi connectivity index (χ1v) is 8.43. The Kier molecular flexibility index (Phi) is 4.21. The molecular formula is C17H17F2N3OS. The van der Waals surface area contributed by atoms with Gasteiger partial charge in [0.05, 0.1) is 5.69 Å². The van der Waals surface area contributed by atoms with Gasteiger partial charge in [0, 0.05) is 33.9 Å². The molecule has 4 nitrogen and oxygen atoms in total. The lowest BCUT2D eigenvalue weighted by Gasteiger charge is -2.14. The number of nitrogens with one attached hydrogen (secondary N) is 1. The average Bonchev–Trinajstić information content (AvgIpc) is 2.94. The predicted octanol–water partition coefficient (Wildman–Crippen LogP) is 3.89. The van der Waals surface area contributed by atoms with Crippen molar-refractivity contribution in [3.63, 3.8) is 0 Å². The van der Waals surface area contributed by atoms with Crippen LogP contribution in [-0.2, 0) is 11.2 Å². The lowest BCUT2D eigenvalue weighted by Crippen LogP contribution is -2.17. The Labute approximate surface area is 141 Å². The number of fused-ring (bicyclic) bond motifs is 1. The van der Waals surface area contributed by atoms with Gasteiger partial charge in [0.15, 0.2) is 17.3 Å². The van der Waals surface area contributed by atoms with E-state index in [0.29, 0.717) is 11.3 Å². The summed E-state index contributed by atoms with van der Waals surface area (Å²) in [4.78, 5) is 16.8. The van der Waals surface area contributed by atoms with Crippen LogP contribution in [-0.4, -0.2) is 14.6 Å². The molecule has 7 heteroatoms. The number of benzene rings is 1. The minimum absolute atomic E-state index is 0.139. The van der Waals surface area contributed by atoms with E-state index >= 15 is 0 Å². The minimum atomic E-state index is -0.885. The molecule has 1 aromatic carbocycles. The van der Waals surface area contributed by atoms with Gasteiger partial charge < -0.3 is 0 Å². The number of halogens is 2. The molecule has 2 aromatic heterocycles. The number of hydrogen-bond acceptors (Lipinski definition) is 3.